The maximum absolute atomic E-state index is 11.6. The number of hydrogen-bond acceptors (Lipinski definition) is 2. The van der Waals surface area contributed by atoms with Gasteiger partial charge in [0, 0.05) is 10.1 Å². The molecule has 1 atom stereocenters. The second-order valence-electron chi connectivity index (χ2n) is 8.73. The molecule has 3 nitrogen and oxygen atoms in total. The summed E-state index contributed by atoms with van der Waals surface area (Å²) in [7, 11) is -2.79. The van der Waals surface area contributed by atoms with Gasteiger partial charge in [-0.05, 0) is 57.9 Å². The zero-order chi connectivity index (χ0) is 24.7. The molecule has 1 unspecified atom stereocenters. The van der Waals surface area contributed by atoms with Gasteiger partial charge in [-0.3, -0.25) is 0 Å². The Balaban J connectivity index is 1.48. The molecule has 5 aromatic carbocycles. The highest BCUT2D eigenvalue weighted by atomic mass is 31.1. The molecule has 0 bridgehead atoms. The van der Waals surface area contributed by atoms with Crippen LogP contribution in [-0.4, -0.2) is 4.89 Å². The molecule has 5 aromatic rings. The molecule has 0 spiro atoms. The van der Waals surface area contributed by atoms with Gasteiger partial charge in [-0.2, -0.15) is 0 Å². The largest absolute Gasteiger partial charge is 0.747 e. The Kier molecular flexibility index (Phi) is 7.33. The third-order valence-corrected chi connectivity index (χ3v) is 6.57. The molecule has 4 heteroatoms. The van der Waals surface area contributed by atoms with E-state index in [1.807, 2.05) is 36.4 Å². The van der Waals surface area contributed by atoms with Crippen LogP contribution in [0.3, 0.4) is 0 Å². The second-order valence-corrected chi connectivity index (χ2v) is 9.38. The third kappa shape index (κ3) is 5.78. The summed E-state index contributed by atoms with van der Waals surface area (Å²) < 4.78 is 17.0. The van der Waals surface area contributed by atoms with E-state index in [0.29, 0.717) is 5.75 Å². The highest BCUT2D eigenvalue weighted by Gasteiger charge is 2.22. The van der Waals surface area contributed by atoms with Gasteiger partial charge in [-0.1, -0.05) is 121 Å². The van der Waals surface area contributed by atoms with Crippen LogP contribution in [0.25, 0.3) is 22.3 Å². The summed E-state index contributed by atoms with van der Waals surface area (Å²) in [5.41, 5.74) is 8.65. The lowest BCUT2D eigenvalue weighted by atomic mass is 9.92. The smallest absolute Gasteiger partial charge is 0.229 e. The molecule has 5 rings (SSSR count). The molecule has 0 amide bonds. The highest BCUT2D eigenvalue weighted by Crippen LogP contribution is 2.42. The van der Waals surface area contributed by atoms with Crippen LogP contribution in [0.4, 0.5) is 0 Å². The van der Waals surface area contributed by atoms with Crippen molar-refractivity contribution < 1.29 is 14.0 Å². The van der Waals surface area contributed by atoms with E-state index in [0.717, 1.165) is 35.1 Å². The van der Waals surface area contributed by atoms with Crippen molar-refractivity contribution in [2.75, 3.05) is 0 Å². The lowest BCUT2D eigenvalue weighted by Gasteiger charge is -2.13. The van der Waals surface area contributed by atoms with Crippen molar-refractivity contribution in [3.8, 4) is 28.0 Å². The predicted molar refractivity (Wildman–Crippen MR) is 146 cm³/mol. The fourth-order valence-electron chi connectivity index (χ4n) is 4.48. The van der Waals surface area contributed by atoms with Crippen LogP contribution in [0.1, 0.15) is 22.3 Å². The summed E-state index contributed by atoms with van der Waals surface area (Å²) in [4.78, 5) is 9.51. The average molecular weight is 490 g/mol. The summed E-state index contributed by atoms with van der Waals surface area (Å²) in [5, 5.41) is 0. The number of rotatable bonds is 8. The van der Waals surface area contributed by atoms with E-state index in [1.54, 1.807) is 6.07 Å². The van der Waals surface area contributed by atoms with Gasteiger partial charge < -0.3 is 0 Å². The standard InChI is InChI=1S/C32H25O3P/c33-36(34)35-31-13-7-12-30(28-18-14-26(15-19-28)22-24-8-3-1-4-9-24)32(31)29-20-16-27(17-21-29)23-25-10-5-2-6-11-25/h1-21H,22-23H2/p+1. The van der Waals surface area contributed by atoms with Gasteiger partial charge in [-0.15, -0.1) is 4.89 Å². The molecule has 36 heavy (non-hydrogen) atoms. The van der Waals surface area contributed by atoms with Crippen molar-refractivity contribution in [3.63, 3.8) is 0 Å². The molecule has 0 radical (unpaired) electrons. The first-order valence-electron chi connectivity index (χ1n) is 11.9. The van der Waals surface area contributed by atoms with Crippen LogP contribution in [0.5, 0.6) is 5.75 Å². The topological polar surface area (TPSA) is 46.5 Å². The summed E-state index contributed by atoms with van der Waals surface area (Å²) >= 11 is 0. The summed E-state index contributed by atoms with van der Waals surface area (Å²) in [6.45, 7) is 0. The molecule has 0 saturated heterocycles. The van der Waals surface area contributed by atoms with E-state index in [1.165, 1.54) is 22.3 Å². The molecular weight excluding hydrogens is 463 g/mol. The lowest BCUT2D eigenvalue weighted by molar-refractivity contribution is 0.411. The Hall–Kier alpha value is -4.04. The Morgan fingerprint density at radius 2 is 1.00 bits per heavy atom. The maximum Gasteiger partial charge on any atom is 0.747 e. The van der Waals surface area contributed by atoms with Crippen molar-refractivity contribution in [1.82, 2.24) is 0 Å². The molecule has 0 heterocycles. The number of benzene rings is 5. The Labute approximate surface area is 212 Å². The minimum atomic E-state index is -2.79. The van der Waals surface area contributed by atoms with Gasteiger partial charge in [0.1, 0.15) is 0 Å². The third-order valence-electron chi connectivity index (χ3n) is 6.21. The van der Waals surface area contributed by atoms with Crippen LogP contribution in [0, 0.1) is 0 Å². The van der Waals surface area contributed by atoms with Gasteiger partial charge in [0.2, 0.25) is 0 Å². The van der Waals surface area contributed by atoms with Gasteiger partial charge in [0.15, 0.2) is 5.75 Å². The molecular formula is C32H26O3P+. The Morgan fingerprint density at radius 1 is 0.528 bits per heavy atom. The van der Waals surface area contributed by atoms with E-state index in [4.69, 9.17) is 4.52 Å². The molecule has 0 aromatic heterocycles. The zero-order valence-corrected chi connectivity index (χ0v) is 20.6. The molecule has 1 N–H and O–H groups in total. The van der Waals surface area contributed by atoms with Crippen LogP contribution >= 0.6 is 8.25 Å². The van der Waals surface area contributed by atoms with Crippen LogP contribution in [0.2, 0.25) is 0 Å². The first-order valence-corrected chi connectivity index (χ1v) is 13.0. The normalized spacial score (nSPS) is 11.2. The fraction of sp³-hybridized carbons (Fsp3) is 0.0625. The summed E-state index contributed by atoms with van der Waals surface area (Å²) in [6.07, 6.45) is 1.71. The first-order chi connectivity index (χ1) is 17.7. The van der Waals surface area contributed by atoms with Crippen molar-refractivity contribution in [1.29, 1.82) is 0 Å². The predicted octanol–water partition coefficient (Wildman–Crippen LogP) is 8.23. The Bertz CT molecular complexity index is 1450. The van der Waals surface area contributed by atoms with Gasteiger partial charge in [0.05, 0.1) is 0 Å². The van der Waals surface area contributed by atoms with E-state index in [9.17, 15) is 9.46 Å². The van der Waals surface area contributed by atoms with Crippen LogP contribution < -0.4 is 4.52 Å². The zero-order valence-electron chi connectivity index (χ0n) is 19.7. The van der Waals surface area contributed by atoms with E-state index in [-0.39, 0.29) is 0 Å². The summed E-state index contributed by atoms with van der Waals surface area (Å²) in [6, 6.07) is 43.1. The molecule has 0 aliphatic carbocycles. The van der Waals surface area contributed by atoms with Gasteiger partial charge in [-0.25, -0.2) is 4.52 Å². The average Bonchev–Trinajstić information content (AvgIpc) is 2.91. The molecule has 176 valence electrons. The van der Waals surface area contributed by atoms with Crippen LogP contribution in [-0.2, 0) is 17.4 Å². The van der Waals surface area contributed by atoms with Crippen molar-refractivity contribution in [3.05, 3.63) is 150 Å². The van der Waals surface area contributed by atoms with Crippen molar-refractivity contribution in [2.24, 2.45) is 0 Å². The van der Waals surface area contributed by atoms with Crippen molar-refractivity contribution >= 4 is 8.25 Å². The number of hydrogen-bond donors (Lipinski definition) is 1. The van der Waals surface area contributed by atoms with Gasteiger partial charge in [0.25, 0.3) is 0 Å². The van der Waals surface area contributed by atoms with Gasteiger partial charge >= 0.3 is 8.25 Å². The highest BCUT2D eigenvalue weighted by molar-refractivity contribution is 7.32. The quantitative estimate of drug-likeness (QED) is 0.223. The first kappa shape index (κ1) is 23.7. The molecule has 0 fully saturated rings. The molecule has 0 saturated carbocycles. The second kappa shape index (κ2) is 11.1. The summed E-state index contributed by atoms with van der Waals surface area (Å²) in [5.74, 6) is 0.389. The Morgan fingerprint density at radius 3 is 1.50 bits per heavy atom. The van der Waals surface area contributed by atoms with Crippen LogP contribution in [0.15, 0.2) is 127 Å². The van der Waals surface area contributed by atoms with E-state index < -0.39 is 8.25 Å². The minimum absolute atomic E-state index is 0.389. The molecule has 0 aliphatic rings. The van der Waals surface area contributed by atoms with E-state index >= 15 is 0 Å². The fourth-order valence-corrected chi connectivity index (χ4v) is 4.80. The monoisotopic (exact) mass is 489 g/mol. The van der Waals surface area contributed by atoms with Crippen molar-refractivity contribution in [2.45, 2.75) is 12.8 Å². The van der Waals surface area contributed by atoms with E-state index in [2.05, 4.69) is 84.9 Å². The minimum Gasteiger partial charge on any atom is -0.229 e. The SMILES string of the molecule is O=[P+](O)Oc1cccc(-c2ccc(Cc3ccccc3)cc2)c1-c1ccc(Cc2ccccc2)cc1. The molecule has 0 aliphatic heterocycles. The lowest BCUT2D eigenvalue weighted by Crippen LogP contribution is -1.93. The maximum atomic E-state index is 11.6.